The van der Waals surface area contributed by atoms with Crippen molar-refractivity contribution in [1.82, 2.24) is 15.5 Å². The predicted octanol–water partition coefficient (Wildman–Crippen LogP) is 1.24. The zero-order chi connectivity index (χ0) is 17.5. The van der Waals surface area contributed by atoms with Crippen LogP contribution in [0.2, 0.25) is 0 Å². The molecule has 0 aliphatic carbocycles. The minimum atomic E-state index is -3.10. The molecule has 1 aliphatic rings. The average molecular weight is 347 g/mol. The third-order valence-electron chi connectivity index (χ3n) is 4.76. The van der Waals surface area contributed by atoms with Gasteiger partial charge in [-0.2, -0.15) is 0 Å². The first-order chi connectivity index (χ1) is 10.7. The highest BCUT2D eigenvalue weighted by Crippen LogP contribution is 2.16. The van der Waals surface area contributed by atoms with Gasteiger partial charge in [0.15, 0.2) is 15.8 Å². The second-order valence-electron chi connectivity index (χ2n) is 7.12. The maximum absolute atomic E-state index is 11.7. The van der Waals surface area contributed by atoms with Gasteiger partial charge in [0.1, 0.15) is 0 Å². The fourth-order valence-electron chi connectivity index (χ4n) is 2.63. The quantitative estimate of drug-likeness (QED) is 0.412. The third-order valence-corrected chi connectivity index (χ3v) is 6.92. The lowest BCUT2D eigenvalue weighted by Crippen LogP contribution is -2.48. The van der Waals surface area contributed by atoms with E-state index in [2.05, 4.69) is 27.4 Å². The Morgan fingerprint density at radius 3 is 2.57 bits per heavy atom. The molecule has 0 amide bonds. The van der Waals surface area contributed by atoms with Crippen molar-refractivity contribution in [2.45, 2.75) is 57.2 Å². The van der Waals surface area contributed by atoms with Crippen LogP contribution < -0.4 is 10.6 Å². The van der Waals surface area contributed by atoms with Gasteiger partial charge in [0.25, 0.3) is 0 Å². The van der Waals surface area contributed by atoms with E-state index in [0.717, 1.165) is 19.5 Å². The molecule has 1 unspecified atom stereocenters. The second kappa shape index (κ2) is 8.87. The number of piperidine rings is 1. The summed E-state index contributed by atoms with van der Waals surface area (Å²) in [6.07, 6.45) is 6.28. The molecule has 7 heteroatoms. The van der Waals surface area contributed by atoms with Gasteiger partial charge in [0.05, 0.1) is 4.75 Å². The van der Waals surface area contributed by atoms with Crippen LogP contribution in [0.15, 0.2) is 4.99 Å². The van der Waals surface area contributed by atoms with Gasteiger partial charge in [0.2, 0.25) is 0 Å². The molecule has 1 aliphatic heterocycles. The number of nitrogens with zero attached hydrogens (tertiary/aromatic N) is 2. The average Bonchev–Trinajstić information content (AvgIpc) is 2.47. The van der Waals surface area contributed by atoms with E-state index >= 15 is 0 Å². The van der Waals surface area contributed by atoms with E-state index < -0.39 is 14.6 Å². The highest BCUT2D eigenvalue weighted by atomic mass is 32.2. The van der Waals surface area contributed by atoms with E-state index in [1.165, 1.54) is 32.1 Å². The smallest absolute Gasteiger partial charge is 0.191 e. The van der Waals surface area contributed by atoms with Gasteiger partial charge >= 0.3 is 0 Å². The molecule has 1 rings (SSSR count). The Bertz CT molecular complexity index is 488. The summed E-state index contributed by atoms with van der Waals surface area (Å²) in [6, 6.07) is 0.691. The first kappa shape index (κ1) is 20.2. The fourth-order valence-corrected chi connectivity index (χ4v) is 2.96. The van der Waals surface area contributed by atoms with Gasteiger partial charge in [-0.15, -0.1) is 0 Å². The van der Waals surface area contributed by atoms with Gasteiger partial charge < -0.3 is 15.5 Å². The number of aliphatic imine (C=N–C) groups is 1. The van der Waals surface area contributed by atoms with Crippen molar-refractivity contribution in [2.24, 2.45) is 4.99 Å². The highest BCUT2D eigenvalue weighted by Gasteiger charge is 2.30. The minimum absolute atomic E-state index is 0.342. The Balaban J connectivity index is 2.29. The standard InChI is InChI=1S/C16H34N4O2S/c1-14-9-6-7-11-20(14)12-8-10-18-15(17-4)19-13-16(2,3)23(5,21)22/h14H,6-13H2,1-5H3,(H2,17,18,19). The second-order valence-corrected chi connectivity index (χ2v) is 9.77. The van der Waals surface area contributed by atoms with Gasteiger partial charge in [-0.05, 0) is 46.6 Å². The predicted molar refractivity (Wildman–Crippen MR) is 97.8 cm³/mol. The maximum Gasteiger partial charge on any atom is 0.191 e. The van der Waals surface area contributed by atoms with Crippen LogP contribution in [0.5, 0.6) is 0 Å². The Morgan fingerprint density at radius 1 is 1.30 bits per heavy atom. The number of rotatable bonds is 7. The number of likely N-dealkylation sites (tertiary alicyclic amines) is 1. The van der Waals surface area contributed by atoms with Crippen LogP contribution in [-0.2, 0) is 9.84 Å². The lowest BCUT2D eigenvalue weighted by molar-refractivity contribution is 0.159. The molecule has 0 radical (unpaired) electrons. The Labute approximate surface area is 142 Å². The van der Waals surface area contributed by atoms with Crippen LogP contribution in [0.4, 0.5) is 0 Å². The summed E-state index contributed by atoms with van der Waals surface area (Å²) in [4.78, 5) is 6.71. The molecule has 1 fully saturated rings. The van der Waals surface area contributed by atoms with Gasteiger partial charge in [-0.3, -0.25) is 4.99 Å². The zero-order valence-corrected chi connectivity index (χ0v) is 16.2. The van der Waals surface area contributed by atoms with Crippen molar-refractivity contribution < 1.29 is 8.42 Å². The molecular formula is C16H34N4O2S. The molecule has 6 nitrogen and oxygen atoms in total. The third kappa shape index (κ3) is 6.67. The van der Waals surface area contributed by atoms with Gasteiger partial charge in [-0.25, -0.2) is 8.42 Å². The van der Waals surface area contributed by atoms with Gasteiger partial charge in [-0.1, -0.05) is 6.42 Å². The minimum Gasteiger partial charge on any atom is -0.356 e. The summed E-state index contributed by atoms with van der Waals surface area (Å²) < 4.78 is 22.6. The van der Waals surface area contributed by atoms with E-state index in [-0.39, 0.29) is 0 Å². The molecule has 1 saturated heterocycles. The van der Waals surface area contributed by atoms with Gasteiger partial charge in [0, 0.05) is 39.0 Å². The van der Waals surface area contributed by atoms with Crippen LogP contribution in [0, 0.1) is 0 Å². The van der Waals surface area contributed by atoms with E-state index in [4.69, 9.17) is 0 Å². The number of nitrogens with one attached hydrogen (secondary N) is 2. The fraction of sp³-hybridized carbons (Fsp3) is 0.938. The van der Waals surface area contributed by atoms with Crippen molar-refractivity contribution >= 4 is 15.8 Å². The summed E-state index contributed by atoms with van der Waals surface area (Å²) >= 11 is 0. The molecule has 0 aromatic carbocycles. The topological polar surface area (TPSA) is 73.8 Å². The van der Waals surface area contributed by atoms with Crippen LogP contribution in [-0.4, -0.2) is 69.5 Å². The summed E-state index contributed by atoms with van der Waals surface area (Å²) in [5.41, 5.74) is 0. The molecule has 0 spiro atoms. The summed E-state index contributed by atoms with van der Waals surface area (Å²) in [5.74, 6) is 0.661. The molecule has 136 valence electrons. The van der Waals surface area contributed by atoms with E-state index in [1.54, 1.807) is 20.9 Å². The number of hydrogen-bond donors (Lipinski definition) is 2. The summed E-state index contributed by atoms with van der Waals surface area (Å²) in [7, 11) is -1.40. The lowest BCUT2D eigenvalue weighted by Gasteiger charge is -2.33. The number of guanidine groups is 1. The normalized spacial score (nSPS) is 21.3. The van der Waals surface area contributed by atoms with Crippen molar-refractivity contribution in [3.63, 3.8) is 0 Å². The van der Waals surface area contributed by atoms with E-state index in [0.29, 0.717) is 18.5 Å². The molecule has 0 aromatic heterocycles. The highest BCUT2D eigenvalue weighted by molar-refractivity contribution is 7.92. The SMILES string of the molecule is CN=C(NCCCN1CCCCC1C)NCC(C)(C)S(C)(=O)=O. The van der Waals surface area contributed by atoms with Crippen molar-refractivity contribution in [3.05, 3.63) is 0 Å². The molecule has 2 N–H and O–H groups in total. The Kier molecular flexibility index (Phi) is 7.80. The lowest BCUT2D eigenvalue weighted by atomic mass is 10.0. The van der Waals surface area contributed by atoms with E-state index in [1.807, 2.05) is 0 Å². The Morgan fingerprint density at radius 2 is 2.00 bits per heavy atom. The number of hydrogen-bond acceptors (Lipinski definition) is 4. The number of sulfone groups is 1. The first-order valence-corrected chi connectivity index (χ1v) is 10.4. The van der Waals surface area contributed by atoms with Crippen molar-refractivity contribution in [1.29, 1.82) is 0 Å². The Hall–Kier alpha value is -0.820. The van der Waals surface area contributed by atoms with Crippen LogP contribution in [0.25, 0.3) is 0 Å². The molecule has 0 aromatic rings. The largest absolute Gasteiger partial charge is 0.356 e. The summed E-state index contributed by atoms with van der Waals surface area (Å²) in [6.45, 7) is 9.23. The monoisotopic (exact) mass is 346 g/mol. The van der Waals surface area contributed by atoms with Crippen LogP contribution in [0.3, 0.4) is 0 Å². The van der Waals surface area contributed by atoms with E-state index in [9.17, 15) is 8.42 Å². The molecule has 0 saturated carbocycles. The van der Waals surface area contributed by atoms with Crippen molar-refractivity contribution in [3.8, 4) is 0 Å². The zero-order valence-electron chi connectivity index (χ0n) is 15.4. The maximum atomic E-state index is 11.7. The molecular weight excluding hydrogens is 312 g/mol. The summed E-state index contributed by atoms with van der Waals surface area (Å²) in [5, 5.41) is 6.37. The molecule has 0 bridgehead atoms. The van der Waals surface area contributed by atoms with Crippen molar-refractivity contribution in [2.75, 3.05) is 39.5 Å². The molecule has 1 heterocycles. The molecule has 1 atom stereocenters. The van der Waals surface area contributed by atoms with Crippen LogP contribution >= 0.6 is 0 Å². The van der Waals surface area contributed by atoms with Crippen LogP contribution in [0.1, 0.15) is 46.5 Å². The first-order valence-electron chi connectivity index (χ1n) is 8.55. The molecule has 23 heavy (non-hydrogen) atoms.